The van der Waals surface area contributed by atoms with Crippen molar-refractivity contribution >= 4 is 17.3 Å². The number of likely N-dealkylation sites (tertiary alicyclic amines) is 1. The number of nitrogens with two attached hydrogens (primary N) is 1. The van der Waals surface area contributed by atoms with E-state index in [2.05, 4.69) is 5.32 Å². The molecule has 21 heavy (non-hydrogen) atoms. The zero-order chi connectivity index (χ0) is 15.4. The third-order valence-corrected chi connectivity index (χ3v) is 3.83. The minimum absolute atomic E-state index is 0.00586. The summed E-state index contributed by atoms with van der Waals surface area (Å²) in [4.78, 5) is 14.2. The summed E-state index contributed by atoms with van der Waals surface area (Å²) in [5.74, 6) is -0.0809. The molecule has 0 aromatic heterocycles. The lowest BCUT2D eigenvalue weighted by Crippen LogP contribution is -2.32. The minimum atomic E-state index is -0.0809. The summed E-state index contributed by atoms with van der Waals surface area (Å²) in [7, 11) is 3.32. The van der Waals surface area contributed by atoms with E-state index in [-0.39, 0.29) is 18.1 Å². The largest absolute Gasteiger partial charge is 0.397 e. The molecule has 3 N–H and O–H groups in total. The summed E-state index contributed by atoms with van der Waals surface area (Å²) < 4.78 is 10.7. The average Bonchev–Trinajstić information content (AvgIpc) is 2.85. The number of carbonyl (C=O) groups excluding carboxylic acids is 1. The van der Waals surface area contributed by atoms with Gasteiger partial charge in [-0.2, -0.15) is 0 Å². The van der Waals surface area contributed by atoms with Crippen LogP contribution in [-0.4, -0.2) is 56.9 Å². The van der Waals surface area contributed by atoms with Crippen molar-refractivity contribution in [1.29, 1.82) is 0 Å². The highest BCUT2D eigenvalue weighted by atomic mass is 16.5. The zero-order valence-electron chi connectivity index (χ0n) is 12.8. The van der Waals surface area contributed by atoms with Crippen LogP contribution >= 0.6 is 0 Å². The number of para-hydroxylation sites is 1. The van der Waals surface area contributed by atoms with E-state index in [1.165, 1.54) is 0 Å². The molecule has 1 aromatic carbocycles. The van der Waals surface area contributed by atoms with Gasteiger partial charge in [-0.25, -0.2) is 0 Å². The Morgan fingerprint density at radius 1 is 1.33 bits per heavy atom. The third-order valence-electron chi connectivity index (χ3n) is 3.83. The number of nitrogens with zero attached hydrogens (tertiary/aromatic N) is 1. The van der Waals surface area contributed by atoms with Crippen LogP contribution in [-0.2, 0) is 14.3 Å². The van der Waals surface area contributed by atoms with Crippen LogP contribution in [0.4, 0.5) is 11.4 Å². The molecular formula is C15H23N3O3. The van der Waals surface area contributed by atoms with E-state index in [0.717, 1.165) is 5.56 Å². The molecule has 0 saturated carbocycles. The fourth-order valence-electron chi connectivity index (χ4n) is 2.64. The SMILES string of the molecule is COC1CN(CC(=O)Nc2c(C)cccc2N)CC1OC. The highest BCUT2D eigenvalue weighted by molar-refractivity contribution is 5.96. The fraction of sp³-hybridized carbons (Fsp3) is 0.533. The summed E-state index contributed by atoms with van der Waals surface area (Å²) in [6, 6.07) is 5.57. The normalized spacial score (nSPS) is 22.4. The van der Waals surface area contributed by atoms with Crippen molar-refractivity contribution in [1.82, 2.24) is 4.90 Å². The molecule has 0 bridgehead atoms. The van der Waals surface area contributed by atoms with Crippen LogP contribution in [0.5, 0.6) is 0 Å². The minimum Gasteiger partial charge on any atom is -0.397 e. The summed E-state index contributed by atoms with van der Waals surface area (Å²) in [5, 5.41) is 2.88. The molecule has 116 valence electrons. The fourth-order valence-corrected chi connectivity index (χ4v) is 2.64. The lowest BCUT2D eigenvalue weighted by Gasteiger charge is -2.16. The van der Waals surface area contributed by atoms with Crippen molar-refractivity contribution in [2.24, 2.45) is 0 Å². The Morgan fingerprint density at radius 3 is 2.48 bits per heavy atom. The number of nitrogens with one attached hydrogen (secondary N) is 1. The topological polar surface area (TPSA) is 76.8 Å². The van der Waals surface area contributed by atoms with Crippen LogP contribution in [0.15, 0.2) is 18.2 Å². The molecule has 1 aromatic rings. The van der Waals surface area contributed by atoms with Crippen LogP contribution in [0.3, 0.4) is 0 Å². The number of methoxy groups -OCH3 is 2. The van der Waals surface area contributed by atoms with Crippen LogP contribution in [0.2, 0.25) is 0 Å². The maximum atomic E-state index is 12.2. The predicted molar refractivity (Wildman–Crippen MR) is 82.3 cm³/mol. The molecule has 2 atom stereocenters. The van der Waals surface area contributed by atoms with Gasteiger partial charge in [0.25, 0.3) is 0 Å². The number of amides is 1. The highest BCUT2D eigenvalue weighted by Crippen LogP contribution is 2.22. The maximum absolute atomic E-state index is 12.2. The molecule has 1 heterocycles. The van der Waals surface area contributed by atoms with Gasteiger partial charge in [0.05, 0.1) is 30.1 Å². The van der Waals surface area contributed by atoms with E-state index in [4.69, 9.17) is 15.2 Å². The monoisotopic (exact) mass is 293 g/mol. The Bertz CT molecular complexity index is 475. The van der Waals surface area contributed by atoms with Crippen molar-refractivity contribution in [3.05, 3.63) is 23.8 Å². The van der Waals surface area contributed by atoms with Gasteiger partial charge in [0.1, 0.15) is 0 Å². The summed E-state index contributed by atoms with van der Waals surface area (Å²) in [6.07, 6.45) is 0.0117. The quantitative estimate of drug-likeness (QED) is 0.788. The number of benzene rings is 1. The second-order valence-corrected chi connectivity index (χ2v) is 5.33. The van der Waals surface area contributed by atoms with Crippen molar-refractivity contribution < 1.29 is 14.3 Å². The van der Waals surface area contributed by atoms with E-state index in [9.17, 15) is 4.79 Å². The molecule has 2 rings (SSSR count). The van der Waals surface area contributed by atoms with Gasteiger partial charge in [0.2, 0.25) is 5.91 Å². The van der Waals surface area contributed by atoms with Gasteiger partial charge in [0, 0.05) is 27.3 Å². The van der Waals surface area contributed by atoms with Gasteiger partial charge in [0.15, 0.2) is 0 Å². The van der Waals surface area contributed by atoms with Crippen LogP contribution in [0.25, 0.3) is 0 Å². The molecule has 6 heteroatoms. The van der Waals surface area contributed by atoms with E-state index in [1.807, 2.05) is 24.0 Å². The van der Waals surface area contributed by atoms with Gasteiger partial charge in [-0.1, -0.05) is 12.1 Å². The van der Waals surface area contributed by atoms with Gasteiger partial charge < -0.3 is 20.5 Å². The van der Waals surface area contributed by atoms with Crippen molar-refractivity contribution in [3.8, 4) is 0 Å². The molecule has 0 radical (unpaired) electrons. The molecule has 1 amide bonds. The molecule has 0 spiro atoms. The second-order valence-electron chi connectivity index (χ2n) is 5.33. The maximum Gasteiger partial charge on any atom is 0.238 e. The second kappa shape index (κ2) is 6.89. The molecule has 2 unspecified atom stereocenters. The Morgan fingerprint density at radius 2 is 1.95 bits per heavy atom. The first-order chi connectivity index (χ1) is 10.0. The molecule has 6 nitrogen and oxygen atoms in total. The number of hydrogen-bond donors (Lipinski definition) is 2. The number of nitrogen functional groups attached to an aromatic ring is 1. The summed E-state index contributed by atoms with van der Waals surface area (Å²) in [6.45, 7) is 3.59. The highest BCUT2D eigenvalue weighted by Gasteiger charge is 2.33. The number of carbonyl (C=O) groups is 1. The van der Waals surface area contributed by atoms with Crippen molar-refractivity contribution in [2.45, 2.75) is 19.1 Å². The van der Waals surface area contributed by atoms with Crippen molar-refractivity contribution in [3.63, 3.8) is 0 Å². The van der Waals surface area contributed by atoms with Crippen LogP contribution < -0.4 is 11.1 Å². The first kappa shape index (κ1) is 15.8. The molecule has 0 aliphatic carbocycles. The number of anilines is 2. The van der Waals surface area contributed by atoms with E-state index in [0.29, 0.717) is 31.0 Å². The smallest absolute Gasteiger partial charge is 0.238 e. The Labute approximate surface area is 125 Å². The Balaban J connectivity index is 1.94. The standard InChI is InChI=1S/C15H23N3O3/c1-10-5-4-6-11(16)15(10)17-14(19)9-18-7-12(20-2)13(8-18)21-3/h4-6,12-13H,7-9,16H2,1-3H3,(H,17,19). The predicted octanol–water partition coefficient (Wildman–Crippen LogP) is 0.861. The lowest BCUT2D eigenvalue weighted by molar-refractivity contribution is -0.117. The van der Waals surface area contributed by atoms with E-state index < -0.39 is 0 Å². The Kier molecular flexibility index (Phi) is 5.17. The van der Waals surface area contributed by atoms with Gasteiger partial charge in [-0.05, 0) is 18.6 Å². The van der Waals surface area contributed by atoms with Crippen LogP contribution in [0, 0.1) is 6.92 Å². The first-order valence-corrected chi connectivity index (χ1v) is 6.98. The molecule has 1 saturated heterocycles. The third kappa shape index (κ3) is 3.72. The van der Waals surface area contributed by atoms with Gasteiger partial charge in [-0.15, -0.1) is 0 Å². The van der Waals surface area contributed by atoms with E-state index in [1.54, 1.807) is 20.3 Å². The number of hydrogen-bond acceptors (Lipinski definition) is 5. The number of rotatable bonds is 5. The number of ether oxygens (including phenoxy) is 2. The zero-order valence-corrected chi connectivity index (χ0v) is 12.8. The van der Waals surface area contributed by atoms with Gasteiger partial charge >= 0.3 is 0 Å². The van der Waals surface area contributed by atoms with E-state index >= 15 is 0 Å². The average molecular weight is 293 g/mol. The molecule has 1 fully saturated rings. The molecule has 1 aliphatic rings. The summed E-state index contributed by atoms with van der Waals surface area (Å²) >= 11 is 0. The number of aryl methyl sites for hydroxylation is 1. The van der Waals surface area contributed by atoms with Gasteiger partial charge in [-0.3, -0.25) is 9.69 Å². The molecular weight excluding hydrogens is 270 g/mol. The molecule has 1 aliphatic heterocycles. The Hall–Kier alpha value is -1.63. The lowest BCUT2D eigenvalue weighted by atomic mass is 10.1. The van der Waals surface area contributed by atoms with Crippen molar-refractivity contribution in [2.75, 3.05) is 44.9 Å². The summed E-state index contributed by atoms with van der Waals surface area (Å²) in [5.41, 5.74) is 8.12. The first-order valence-electron chi connectivity index (χ1n) is 6.98. The van der Waals surface area contributed by atoms with Crippen LogP contribution in [0.1, 0.15) is 5.56 Å².